The lowest BCUT2D eigenvalue weighted by molar-refractivity contribution is 0.191. The second-order valence-corrected chi connectivity index (χ2v) is 11.2. The Morgan fingerprint density at radius 3 is 2.66 bits per heavy atom. The highest BCUT2D eigenvalue weighted by molar-refractivity contribution is 7.90. The van der Waals surface area contributed by atoms with Crippen LogP contribution in [0.5, 0.6) is 0 Å². The van der Waals surface area contributed by atoms with Gasteiger partial charge in [-0.05, 0) is 49.2 Å². The lowest BCUT2D eigenvalue weighted by Gasteiger charge is -2.40. The Labute approximate surface area is 210 Å². The van der Waals surface area contributed by atoms with Gasteiger partial charge in [0.2, 0.25) is 10.0 Å². The monoisotopic (exact) mass is 524 g/mol. The molecule has 6 atom stereocenters. The molecule has 3 heterocycles. The van der Waals surface area contributed by atoms with E-state index in [1.807, 2.05) is 30.5 Å². The van der Waals surface area contributed by atoms with Crippen LogP contribution in [0.1, 0.15) is 30.9 Å². The SMILES string of the molecule is CNC(=O)Nc1ccc(C2CC(C3CCNC(NC4CC(S(N)(=O)=O)C(Cl)=CN4)N3)C=CN2)cc1. The van der Waals surface area contributed by atoms with Crippen molar-refractivity contribution in [2.75, 3.05) is 18.9 Å². The first-order valence-electron chi connectivity index (χ1n) is 11.6. The van der Waals surface area contributed by atoms with Gasteiger partial charge in [-0.2, -0.15) is 0 Å². The fourth-order valence-corrected chi connectivity index (χ4v) is 6.06. The Bertz CT molecular complexity index is 1060. The normalized spacial score (nSPS) is 31.0. The van der Waals surface area contributed by atoms with Gasteiger partial charge < -0.3 is 21.3 Å². The second-order valence-electron chi connectivity index (χ2n) is 8.98. The average Bonchev–Trinajstić information content (AvgIpc) is 2.85. The van der Waals surface area contributed by atoms with Crippen molar-refractivity contribution in [3.05, 3.63) is 53.3 Å². The Morgan fingerprint density at radius 1 is 1.17 bits per heavy atom. The molecule has 0 bridgehead atoms. The summed E-state index contributed by atoms with van der Waals surface area (Å²) in [5, 5.41) is 26.8. The van der Waals surface area contributed by atoms with Crippen LogP contribution in [0, 0.1) is 5.92 Å². The number of carbonyl (C=O) groups is 1. The number of primary sulfonamides is 1. The number of hydrogen-bond acceptors (Lipinski definition) is 8. The summed E-state index contributed by atoms with van der Waals surface area (Å²) >= 11 is 6.05. The van der Waals surface area contributed by atoms with Crippen molar-refractivity contribution in [1.82, 2.24) is 31.9 Å². The van der Waals surface area contributed by atoms with Crippen LogP contribution in [-0.4, -0.2) is 51.8 Å². The molecule has 3 aliphatic rings. The highest BCUT2D eigenvalue weighted by atomic mass is 35.5. The van der Waals surface area contributed by atoms with Crippen molar-refractivity contribution in [3.8, 4) is 0 Å². The van der Waals surface area contributed by atoms with E-state index in [1.54, 1.807) is 7.05 Å². The standard InChI is InChI=1S/C22H33ClN8O3S/c1-25-22(32)29-15-4-2-13(3-5-15)18-10-14(6-8-26-18)17-7-9-27-21(30-17)31-20-11-19(35(24,33)34)16(23)12-28-20/h2-6,8,12,14,17-21,26-28,30-31H,7,9-11H2,1H3,(H2,24,33,34)(H2,25,29,32). The number of carbonyl (C=O) groups excluding carboxylic acids is 1. The Hall–Kier alpha value is -2.35. The predicted molar refractivity (Wildman–Crippen MR) is 136 cm³/mol. The zero-order valence-electron chi connectivity index (χ0n) is 19.4. The maximum atomic E-state index is 11.9. The molecule has 2 amide bonds. The minimum Gasteiger partial charge on any atom is -0.384 e. The molecule has 0 aromatic heterocycles. The van der Waals surface area contributed by atoms with Gasteiger partial charge in [0.1, 0.15) is 11.5 Å². The Kier molecular flexibility index (Phi) is 8.19. The van der Waals surface area contributed by atoms with Crippen molar-refractivity contribution in [1.29, 1.82) is 0 Å². The molecule has 0 aliphatic carbocycles. The van der Waals surface area contributed by atoms with Gasteiger partial charge in [0.25, 0.3) is 0 Å². The summed E-state index contributed by atoms with van der Waals surface area (Å²) in [5.41, 5.74) is 1.89. The van der Waals surface area contributed by atoms with E-state index < -0.39 is 15.3 Å². The topological polar surface area (TPSA) is 161 Å². The van der Waals surface area contributed by atoms with Gasteiger partial charge in [-0.3, -0.25) is 16.0 Å². The summed E-state index contributed by atoms with van der Waals surface area (Å²) in [5.74, 6) is 0.308. The third-order valence-electron chi connectivity index (χ3n) is 6.59. The van der Waals surface area contributed by atoms with Crippen LogP contribution in [0.15, 0.2) is 47.8 Å². The minimum absolute atomic E-state index is 0.157. The third-order valence-corrected chi connectivity index (χ3v) is 8.33. The number of nitrogens with two attached hydrogens (primary N) is 1. The second kappa shape index (κ2) is 11.1. The maximum absolute atomic E-state index is 11.9. The molecule has 1 saturated heterocycles. The molecular weight excluding hydrogens is 492 g/mol. The number of urea groups is 1. The molecule has 3 aliphatic heterocycles. The first-order chi connectivity index (χ1) is 16.7. The van der Waals surface area contributed by atoms with E-state index in [4.69, 9.17) is 16.7 Å². The Balaban J connectivity index is 1.33. The largest absolute Gasteiger partial charge is 0.384 e. The van der Waals surface area contributed by atoms with Gasteiger partial charge in [0.05, 0.1) is 17.2 Å². The molecule has 35 heavy (non-hydrogen) atoms. The molecule has 4 rings (SSSR count). The molecule has 1 aromatic carbocycles. The average molecular weight is 525 g/mol. The number of amides is 2. The molecule has 0 radical (unpaired) electrons. The van der Waals surface area contributed by atoms with Crippen molar-refractivity contribution in [2.24, 2.45) is 11.1 Å². The Morgan fingerprint density at radius 2 is 1.94 bits per heavy atom. The van der Waals surface area contributed by atoms with E-state index in [9.17, 15) is 13.2 Å². The summed E-state index contributed by atoms with van der Waals surface area (Å²) in [6, 6.07) is 7.98. The van der Waals surface area contributed by atoms with Crippen LogP contribution < -0.4 is 42.4 Å². The number of sulfonamides is 1. The van der Waals surface area contributed by atoms with Gasteiger partial charge in [0, 0.05) is 31.4 Å². The van der Waals surface area contributed by atoms with Gasteiger partial charge in [-0.1, -0.05) is 29.8 Å². The molecule has 192 valence electrons. The van der Waals surface area contributed by atoms with Crippen molar-refractivity contribution in [3.63, 3.8) is 0 Å². The van der Waals surface area contributed by atoms with Crippen LogP contribution in [0.3, 0.4) is 0 Å². The number of nitrogens with one attached hydrogen (secondary N) is 7. The van der Waals surface area contributed by atoms with Gasteiger partial charge in [-0.25, -0.2) is 18.4 Å². The highest BCUT2D eigenvalue weighted by Crippen LogP contribution is 2.30. The lowest BCUT2D eigenvalue weighted by atomic mass is 9.85. The van der Waals surface area contributed by atoms with E-state index >= 15 is 0 Å². The van der Waals surface area contributed by atoms with Crippen LogP contribution in [0.25, 0.3) is 0 Å². The van der Waals surface area contributed by atoms with Crippen molar-refractivity contribution in [2.45, 2.75) is 49.1 Å². The number of halogens is 1. The summed E-state index contributed by atoms with van der Waals surface area (Å²) in [4.78, 5) is 11.5. The van der Waals surface area contributed by atoms with E-state index in [0.29, 0.717) is 5.92 Å². The molecule has 13 heteroatoms. The number of anilines is 1. The number of rotatable bonds is 6. The molecule has 0 saturated carbocycles. The first kappa shape index (κ1) is 25.7. The van der Waals surface area contributed by atoms with Crippen molar-refractivity contribution < 1.29 is 13.2 Å². The van der Waals surface area contributed by atoms with Gasteiger partial charge in [0.15, 0.2) is 0 Å². The number of hydrogen-bond donors (Lipinski definition) is 8. The van der Waals surface area contributed by atoms with E-state index in [2.05, 4.69) is 43.3 Å². The fraction of sp³-hybridized carbons (Fsp3) is 0.500. The zero-order valence-corrected chi connectivity index (χ0v) is 21.0. The van der Waals surface area contributed by atoms with E-state index in [-0.39, 0.29) is 42.0 Å². The predicted octanol–water partition coefficient (Wildman–Crippen LogP) is 0.484. The van der Waals surface area contributed by atoms with Crippen molar-refractivity contribution >= 4 is 33.3 Å². The molecule has 1 fully saturated rings. The van der Waals surface area contributed by atoms with Crippen LogP contribution in [-0.2, 0) is 10.0 Å². The summed E-state index contributed by atoms with van der Waals surface area (Å²) in [6.07, 6.45) is 7.30. The maximum Gasteiger partial charge on any atom is 0.318 e. The smallest absolute Gasteiger partial charge is 0.318 e. The van der Waals surface area contributed by atoms with Crippen LogP contribution >= 0.6 is 11.6 Å². The van der Waals surface area contributed by atoms with Crippen LogP contribution in [0.4, 0.5) is 10.5 Å². The molecule has 1 aromatic rings. The minimum atomic E-state index is -3.78. The summed E-state index contributed by atoms with van der Waals surface area (Å²) in [7, 11) is -2.20. The van der Waals surface area contributed by atoms with Gasteiger partial charge >= 0.3 is 6.03 Å². The highest BCUT2D eigenvalue weighted by Gasteiger charge is 2.34. The quantitative estimate of drug-likeness (QED) is 0.266. The van der Waals surface area contributed by atoms with E-state index in [0.717, 1.165) is 30.6 Å². The third kappa shape index (κ3) is 6.66. The molecule has 6 unspecified atom stereocenters. The lowest BCUT2D eigenvalue weighted by Crippen LogP contribution is -2.66. The van der Waals surface area contributed by atoms with E-state index in [1.165, 1.54) is 6.20 Å². The molecule has 0 spiro atoms. The first-order valence-corrected chi connectivity index (χ1v) is 13.6. The molecule has 11 nitrogen and oxygen atoms in total. The fourth-order valence-electron chi connectivity index (χ4n) is 4.70. The molecule has 9 N–H and O–H groups in total. The zero-order chi connectivity index (χ0) is 25.0. The molecular formula is C22H33ClN8O3S. The summed E-state index contributed by atoms with van der Waals surface area (Å²) < 4.78 is 23.7. The number of benzene rings is 1. The summed E-state index contributed by atoms with van der Waals surface area (Å²) in [6.45, 7) is 0.819. The van der Waals surface area contributed by atoms with Crippen LogP contribution in [0.2, 0.25) is 0 Å². The van der Waals surface area contributed by atoms with Gasteiger partial charge in [-0.15, -0.1) is 0 Å².